The molecule has 1 aliphatic heterocycles. The van der Waals surface area contributed by atoms with E-state index in [1.54, 1.807) is 0 Å². The van der Waals surface area contributed by atoms with Crippen molar-refractivity contribution in [3.63, 3.8) is 0 Å². The van der Waals surface area contributed by atoms with Crippen LogP contribution < -0.4 is 9.80 Å². The van der Waals surface area contributed by atoms with Crippen LogP contribution in [0.3, 0.4) is 0 Å². The maximum Gasteiger partial charge on any atom is 2.00 e. The van der Waals surface area contributed by atoms with Gasteiger partial charge < -0.3 is 14.4 Å². The van der Waals surface area contributed by atoms with Crippen LogP contribution in [0.5, 0.6) is 0 Å². The molecule has 0 amide bonds. The van der Waals surface area contributed by atoms with Gasteiger partial charge in [0, 0.05) is 28.2 Å². The molecule has 0 aliphatic carbocycles. The smallest absolute Gasteiger partial charge is 0.355 e. The maximum atomic E-state index is 8.39. The summed E-state index contributed by atoms with van der Waals surface area (Å²) in [5.41, 5.74) is 11.7. The van der Waals surface area contributed by atoms with Crippen molar-refractivity contribution in [1.82, 2.24) is 9.55 Å². The van der Waals surface area contributed by atoms with E-state index < -0.39 is 12.4 Å². The van der Waals surface area contributed by atoms with Gasteiger partial charge in [-0.1, -0.05) is 157 Å². The van der Waals surface area contributed by atoms with Crippen molar-refractivity contribution in [1.29, 1.82) is 0 Å². The van der Waals surface area contributed by atoms with Crippen LogP contribution in [0.15, 0.2) is 212 Å². The Hall–Kier alpha value is -7.00. The third-order valence-corrected chi connectivity index (χ3v) is 11.9. The number of hydrogen-bond acceptors (Lipinski definition) is 3. The van der Waals surface area contributed by atoms with E-state index in [1.807, 2.05) is 59.6 Å². The van der Waals surface area contributed by atoms with Gasteiger partial charge in [-0.25, -0.2) is 4.98 Å². The molecule has 294 valence electrons. The molecular formula is C56H40N4Pt. The summed E-state index contributed by atoms with van der Waals surface area (Å²) in [6.45, 7) is -2.15. The fourth-order valence-electron chi connectivity index (χ4n) is 9.23. The number of aromatic nitrogens is 2. The molecule has 0 bridgehead atoms. The molecule has 2 aromatic heterocycles. The summed E-state index contributed by atoms with van der Waals surface area (Å²) < 4.78 is 27.4. The second-order valence-electron chi connectivity index (χ2n) is 15.2. The molecule has 0 radical (unpaired) electrons. The van der Waals surface area contributed by atoms with Gasteiger partial charge in [0.2, 0.25) is 0 Å². The van der Waals surface area contributed by atoms with Crippen molar-refractivity contribution in [3.05, 3.63) is 247 Å². The van der Waals surface area contributed by atoms with Gasteiger partial charge in [0.25, 0.3) is 0 Å². The van der Waals surface area contributed by atoms with Gasteiger partial charge in [-0.2, -0.15) is 36.4 Å². The van der Waals surface area contributed by atoms with Crippen molar-refractivity contribution in [2.75, 3.05) is 23.4 Å². The Morgan fingerprint density at radius 1 is 0.541 bits per heavy atom. The normalized spacial score (nSPS) is 13.3. The van der Waals surface area contributed by atoms with Crippen LogP contribution in [0, 0.1) is 12.1 Å². The fourth-order valence-corrected chi connectivity index (χ4v) is 9.23. The standard InChI is InChI=1S/C56H40N4.Pt/c1-58-39-59(53-31-16-15-30-52(53)58)46-25-17-24-44(37-46)56(42-20-7-3-8-21-42,43-22-9-4-10-23-43)45-32-33-50-49-28-13-14-29-51(49)60(54(50)38-45)55-36-41(34-35-57-55)48-27-12-11-26-47(48)40-18-5-2-6-19-40;/h2-36H,39H2,1H3;/q-2;+2/i1D3;. The minimum atomic E-state index is -2.32. The Balaban J connectivity index is 0.00000484. The molecule has 11 rings (SSSR count). The average Bonchev–Trinajstić information content (AvgIpc) is 3.90. The van der Waals surface area contributed by atoms with Gasteiger partial charge in [0.05, 0.1) is 18.0 Å². The molecule has 0 N–H and O–H groups in total. The van der Waals surface area contributed by atoms with E-state index in [9.17, 15) is 0 Å². The fraction of sp³-hybridized carbons (Fsp3) is 0.0536. The zero-order valence-corrected chi connectivity index (χ0v) is 35.3. The van der Waals surface area contributed by atoms with Crippen LogP contribution in [-0.2, 0) is 26.5 Å². The van der Waals surface area contributed by atoms with Gasteiger partial charge in [-0.15, -0.1) is 22.6 Å². The van der Waals surface area contributed by atoms with E-state index in [-0.39, 0.29) is 27.7 Å². The number of rotatable bonds is 8. The summed E-state index contributed by atoms with van der Waals surface area (Å²) in [5.74, 6) is 0.792. The molecule has 61 heavy (non-hydrogen) atoms. The summed E-state index contributed by atoms with van der Waals surface area (Å²) in [6.07, 6.45) is 1.90. The van der Waals surface area contributed by atoms with Crippen LogP contribution in [0.1, 0.15) is 26.4 Å². The Morgan fingerprint density at radius 3 is 1.90 bits per heavy atom. The van der Waals surface area contributed by atoms with Crippen molar-refractivity contribution < 1.29 is 25.2 Å². The first-order chi connectivity index (χ1) is 30.9. The molecule has 3 heterocycles. The Bertz CT molecular complexity index is 3240. The molecule has 0 atom stereocenters. The van der Waals surface area contributed by atoms with Crippen LogP contribution in [0.2, 0.25) is 0 Å². The summed E-state index contributed by atoms with van der Waals surface area (Å²) in [6, 6.07) is 79.2. The van der Waals surface area contributed by atoms with E-state index >= 15 is 0 Å². The average molecular weight is 967 g/mol. The molecule has 0 unspecified atom stereocenters. The van der Waals surface area contributed by atoms with Crippen LogP contribution in [-0.4, -0.2) is 23.2 Å². The first-order valence-electron chi connectivity index (χ1n) is 21.7. The number of fused-ring (bicyclic) bond motifs is 4. The molecule has 10 aromatic rings. The minimum Gasteiger partial charge on any atom is -0.355 e. The SMILES string of the molecule is [2H]C([2H])([2H])N1CN(c2[c-]c(C(c3[c-]c4c(cc3)c3ccccc3n4-c3cc(-c4ccccc4-c4ccccc4)ccn3)(c3ccccc3)c3ccccc3)ccc2)c2ccccc21.[Pt+2]. The van der Waals surface area contributed by atoms with Gasteiger partial charge in [0.15, 0.2) is 0 Å². The van der Waals surface area contributed by atoms with Gasteiger partial charge in [0.1, 0.15) is 5.82 Å². The van der Waals surface area contributed by atoms with Crippen molar-refractivity contribution in [3.8, 4) is 28.1 Å². The van der Waals surface area contributed by atoms with Crippen molar-refractivity contribution in [2.24, 2.45) is 0 Å². The topological polar surface area (TPSA) is 24.3 Å². The van der Waals surface area contributed by atoms with E-state index in [4.69, 9.17) is 9.10 Å². The van der Waals surface area contributed by atoms with Gasteiger partial charge >= 0.3 is 21.1 Å². The summed E-state index contributed by atoms with van der Waals surface area (Å²) >= 11 is 0. The Labute approximate surface area is 375 Å². The number of nitrogens with zero attached hydrogens (tertiary/aromatic N) is 4. The second kappa shape index (κ2) is 15.9. The molecular weight excluding hydrogens is 924 g/mol. The third-order valence-electron chi connectivity index (χ3n) is 11.9. The number of para-hydroxylation sites is 3. The Morgan fingerprint density at radius 2 is 1.16 bits per heavy atom. The largest absolute Gasteiger partial charge is 2.00 e. The Kier molecular flexibility index (Phi) is 9.06. The first kappa shape index (κ1) is 34.8. The maximum absolute atomic E-state index is 8.39. The van der Waals surface area contributed by atoms with E-state index in [1.165, 1.54) is 4.90 Å². The first-order valence-corrected chi connectivity index (χ1v) is 20.2. The summed E-state index contributed by atoms with van der Waals surface area (Å²) in [5, 5.41) is 2.18. The molecule has 8 aromatic carbocycles. The summed E-state index contributed by atoms with van der Waals surface area (Å²) in [7, 11) is 0. The number of pyridine rings is 1. The minimum absolute atomic E-state index is 0. The number of benzene rings is 8. The molecule has 1 aliphatic rings. The number of anilines is 3. The van der Waals surface area contributed by atoms with Crippen LogP contribution in [0.25, 0.3) is 49.9 Å². The zero-order chi connectivity index (χ0) is 42.5. The molecule has 0 saturated carbocycles. The number of hydrogen-bond donors (Lipinski definition) is 0. The van der Waals surface area contributed by atoms with Crippen molar-refractivity contribution >= 4 is 38.9 Å². The third kappa shape index (κ3) is 6.38. The van der Waals surface area contributed by atoms with E-state index in [0.29, 0.717) is 5.69 Å². The molecule has 0 fully saturated rings. The molecule has 5 heteroatoms. The predicted molar refractivity (Wildman–Crippen MR) is 247 cm³/mol. The predicted octanol–water partition coefficient (Wildman–Crippen LogP) is 13.0. The van der Waals surface area contributed by atoms with Crippen LogP contribution in [0.4, 0.5) is 17.1 Å². The second-order valence-corrected chi connectivity index (χ2v) is 15.2. The van der Waals surface area contributed by atoms with Gasteiger partial charge in [-0.05, 0) is 69.1 Å². The summed E-state index contributed by atoms with van der Waals surface area (Å²) in [4.78, 5) is 8.59. The van der Waals surface area contributed by atoms with E-state index in [0.717, 1.165) is 83.5 Å². The monoisotopic (exact) mass is 966 g/mol. The van der Waals surface area contributed by atoms with Crippen molar-refractivity contribution in [2.45, 2.75) is 5.41 Å². The molecule has 0 saturated heterocycles. The quantitative estimate of drug-likeness (QED) is 0.112. The van der Waals surface area contributed by atoms with Crippen LogP contribution >= 0.6 is 0 Å². The van der Waals surface area contributed by atoms with E-state index in [2.05, 4.69) is 174 Å². The molecule has 0 spiro atoms. The molecule has 4 nitrogen and oxygen atoms in total. The van der Waals surface area contributed by atoms with Gasteiger partial charge in [-0.3, -0.25) is 0 Å². The zero-order valence-electron chi connectivity index (χ0n) is 36.0.